The Bertz CT molecular complexity index is 606. The summed E-state index contributed by atoms with van der Waals surface area (Å²) in [6.07, 6.45) is 4.24. The molecule has 0 bridgehead atoms. The lowest BCUT2D eigenvalue weighted by molar-refractivity contribution is -0.124. The first-order chi connectivity index (χ1) is 10.5. The van der Waals surface area contributed by atoms with Crippen molar-refractivity contribution in [3.8, 4) is 0 Å². The minimum atomic E-state index is -0.389. The third kappa shape index (κ3) is 2.02. The first-order valence-electron chi connectivity index (χ1n) is 8.23. The van der Waals surface area contributed by atoms with Gasteiger partial charge in [-0.15, -0.1) is 0 Å². The molecule has 5 heteroatoms. The van der Waals surface area contributed by atoms with Crippen molar-refractivity contribution in [2.45, 2.75) is 26.3 Å². The lowest BCUT2D eigenvalue weighted by Crippen LogP contribution is -2.50. The molecule has 5 nitrogen and oxygen atoms in total. The summed E-state index contributed by atoms with van der Waals surface area (Å²) < 4.78 is 0. The first kappa shape index (κ1) is 14.0. The van der Waals surface area contributed by atoms with Crippen LogP contribution in [0.3, 0.4) is 0 Å². The maximum absolute atomic E-state index is 12.6. The van der Waals surface area contributed by atoms with E-state index in [2.05, 4.69) is 53.4 Å². The molecule has 4 rings (SSSR count). The van der Waals surface area contributed by atoms with Gasteiger partial charge in [0.05, 0.1) is 12.1 Å². The Morgan fingerprint density at radius 2 is 2.09 bits per heavy atom. The molecular weight excluding hydrogens is 276 g/mol. The van der Waals surface area contributed by atoms with Gasteiger partial charge < -0.3 is 15.5 Å². The van der Waals surface area contributed by atoms with Gasteiger partial charge in [-0.1, -0.05) is 6.08 Å². The molecule has 22 heavy (non-hydrogen) atoms. The molecule has 2 N–H and O–H groups in total. The highest BCUT2D eigenvalue weighted by Gasteiger charge is 2.57. The minimum Gasteiger partial charge on any atom is -0.347 e. The van der Waals surface area contributed by atoms with Crippen LogP contribution in [0.5, 0.6) is 0 Å². The normalized spacial score (nSPS) is 32.8. The van der Waals surface area contributed by atoms with Crippen LogP contribution >= 0.6 is 0 Å². The average molecular weight is 300 g/mol. The SMILES string of the molecule is CC1=CC=C(C(C)(C)NC(=O)[C@H]2[C@@H]3CNC[C@@H]32)C2=NCCN12. The molecule has 0 aromatic heterocycles. The Balaban J connectivity index is 1.52. The number of amides is 1. The summed E-state index contributed by atoms with van der Waals surface area (Å²) in [7, 11) is 0. The van der Waals surface area contributed by atoms with E-state index in [0.717, 1.165) is 37.6 Å². The van der Waals surface area contributed by atoms with Gasteiger partial charge in [0.1, 0.15) is 5.84 Å². The molecule has 0 aromatic rings. The Morgan fingerprint density at radius 3 is 2.82 bits per heavy atom. The smallest absolute Gasteiger partial charge is 0.224 e. The number of piperidine rings is 1. The molecule has 4 aliphatic rings. The van der Waals surface area contributed by atoms with Crippen molar-refractivity contribution >= 4 is 11.7 Å². The summed E-state index contributed by atoms with van der Waals surface area (Å²) >= 11 is 0. The van der Waals surface area contributed by atoms with E-state index < -0.39 is 0 Å². The van der Waals surface area contributed by atoms with Crippen molar-refractivity contribution in [1.82, 2.24) is 15.5 Å². The number of nitrogens with one attached hydrogen (secondary N) is 2. The van der Waals surface area contributed by atoms with Gasteiger partial charge in [0, 0.05) is 23.7 Å². The summed E-state index contributed by atoms with van der Waals surface area (Å²) in [6.45, 7) is 10.0. The molecule has 1 saturated heterocycles. The Kier molecular flexibility index (Phi) is 2.98. The average Bonchev–Trinajstić information content (AvgIpc) is 2.85. The summed E-state index contributed by atoms with van der Waals surface area (Å²) in [5.41, 5.74) is 1.96. The second kappa shape index (κ2) is 4.69. The monoisotopic (exact) mass is 300 g/mol. The van der Waals surface area contributed by atoms with E-state index in [1.165, 1.54) is 5.70 Å². The van der Waals surface area contributed by atoms with Crippen LogP contribution in [-0.4, -0.2) is 48.4 Å². The van der Waals surface area contributed by atoms with Crippen LogP contribution in [0.15, 0.2) is 28.4 Å². The molecule has 0 unspecified atom stereocenters. The lowest BCUT2D eigenvalue weighted by atomic mass is 9.89. The number of rotatable bonds is 3. The van der Waals surface area contributed by atoms with E-state index in [1.807, 2.05) is 0 Å². The van der Waals surface area contributed by atoms with Crippen molar-refractivity contribution in [2.75, 3.05) is 26.2 Å². The largest absolute Gasteiger partial charge is 0.347 e. The van der Waals surface area contributed by atoms with Crippen LogP contribution in [0.1, 0.15) is 20.8 Å². The number of amidine groups is 1. The lowest BCUT2D eigenvalue weighted by Gasteiger charge is -2.35. The first-order valence-corrected chi connectivity index (χ1v) is 8.23. The number of aliphatic imine (C=N–C) groups is 1. The van der Waals surface area contributed by atoms with Gasteiger partial charge in [0.2, 0.25) is 5.91 Å². The highest BCUT2D eigenvalue weighted by atomic mass is 16.2. The molecule has 3 aliphatic heterocycles. The fraction of sp³-hybridized carbons (Fsp3) is 0.647. The second-order valence-corrected chi connectivity index (χ2v) is 7.37. The molecule has 3 atom stereocenters. The molecule has 3 heterocycles. The number of fused-ring (bicyclic) bond motifs is 2. The maximum Gasteiger partial charge on any atom is 0.224 e. The van der Waals surface area contributed by atoms with Gasteiger partial charge in [0.25, 0.3) is 0 Å². The van der Waals surface area contributed by atoms with E-state index in [9.17, 15) is 4.79 Å². The number of carbonyl (C=O) groups excluding carboxylic acids is 1. The molecule has 0 radical (unpaired) electrons. The van der Waals surface area contributed by atoms with E-state index in [-0.39, 0.29) is 17.4 Å². The summed E-state index contributed by atoms with van der Waals surface area (Å²) in [4.78, 5) is 19.5. The predicted octanol–water partition coefficient (Wildman–Crippen LogP) is 0.905. The van der Waals surface area contributed by atoms with Gasteiger partial charge in [-0.05, 0) is 51.8 Å². The molecular formula is C17H24N4O. The maximum atomic E-state index is 12.6. The number of hydrogen-bond donors (Lipinski definition) is 2. The summed E-state index contributed by atoms with van der Waals surface area (Å²) in [5.74, 6) is 2.56. The standard InChI is InChI=1S/C17H24N4O/c1-10-4-5-13(15-19-6-7-21(10)15)17(2,3)20-16(22)14-11-8-18-9-12(11)14/h4-5,11-12,14,18H,6-9H2,1-3H3,(H,20,22)/t11-,12+,14+. The van der Waals surface area contributed by atoms with Gasteiger partial charge in [0.15, 0.2) is 0 Å². The number of nitrogens with zero attached hydrogens (tertiary/aromatic N) is 2. The molecule has 2 fully saturated rings. The number of carbonyl (C=O) groups is 1. The van der Waals surface area contributed by atoms with Crippen LogP contribution in [0, 0.1) is 17.8 Å². The molecule has 1 saturated carbocycles. The molecule has 1 aliphatic carbocycles. The van der Waals surface area contributed by atoms with Gasteiger partial charge in [-0.25, -0.2) is 0 Å². The molecule has 118 valence electrons. The van der Waals surface area contributed by atoms with E-state index >= 15 is 0 Å². The summed E-state index contributed by atoms with van der Waals surface area (Å²) in [6, 6.07) is 0. The predicted molar refractivity (Wildman–Crippen MR) is 86.4 cm³/mol. The van der Waals surface area contributed by atoms with Crippen molar-refractivity contribution in [3.63, 3.8) is 0 Å². The number of allylic oxidation sites excluding steroid dienone is 3. The van der Waals surface area contributed by atoms with E-state index in [0.29, 0.717) is 11.8 Å². The highest BCUT2D eigenvalue weighted by molar-refractivity contribution is 6.04. The van der Waals surface area contributed by atoms with Gasteiger partial charge in [-0.2, -0.15) is 0 Å². The highest BCUT2D eigenvalue weighted by Crippen LogP contribution is 2.49. The van der Waals surface area contributed by atoms with Crippen LogP contribution in [0.4, 0.5) is 0 Å². The molecule has 1 amide bonds. The third-order valence-corrected chi connectivity index (χ3v) is 5.50. The van der Waals surface area contributed by atoms with Crippen molar-refractivity contribution in [3.05, 3.63) is 23.4 Å². The zero-order valence-corrected chi connectivity index (χ0v) is 13.5. The number of hydrogen-bond acceptors (Lipinski definition) is 4. The Hall–Kier alpha value is -1.62. The topological polar surface area (TPSA) is 56.7 Å². The van der Waals surface area contributed by atoms with Crippen molar-refractivity contribution in [2.24, 2.45) is 22.7 Å². The Morgan fingerprint density at radius 1 is 1.36 bits per heavy atom. The van der Waals surface area contributed by atoms with Crippen LogP contribution < -0.4 is 10.6 Å². The van der Waals surface area contributed by atoms with E-state index in [4.69, 9.17) is 0 Å². The van der Waals surface area contributed by atoms with Gasteiger partial charge in [-0.3, -0.25) is 9.79 Å². The quantitative estimate of drug-likeness (QED) is 0.814. The minimum absolute atomic E-state index is 0.207. The van der Waals surface area contributed by atoms with Crippen molar-refractivity contribution in [1.29, 1.82) is 0 Å². The van der Waals surface area contributed by atoms with Crippen LogP contribution in [0.2, 0.25) is 0 Å². The zero-order valence-electron chi connectivity index (χ0n) is 13.5. The molecule has 0 spiro atoms. The fourth-order valence-corrected chi connectivity index (χ4v) is 4.14. The van der Waals surface area contributed by atoms with Crippen LogP contribution in [-0.2, 0) is 4.79 Å². The fourth-order valence-electron chi connectivity index (χ4n) is 4.14. The molecule has 0 aromatic carbocycles. The van der Waals surface area contributed by atoms with Crippen molar-refractivity contribution < 1.29 is 4.79 Å². The Labute approximate surface area is 131 Å². The van der Waals surface area contributed by atoms with E-state index in [1.54, 1.807) is 0 Å². The van der Waals surface area contributed by atoms with Crippen LogP contribution in [0.25, 0.3) is 0 Å². The summed E-state index contributed by atoms with van der Waals surface area (Å²) in [5, 5.41) is 6.62. The third-order valence-electron chi connectivity index (χ3n) is 5.50. The second-order valence-electron chi connectivity index (χ2n) is 7.37. The zero-order chi connectivity index (χ0) is 15.5. The van der Waals surface area contributed by atoms with Gasteiger partial charge >= 0.3 is 0 Å².